The molecule has 1 atom stereocenters. The van der Waals surface area contributed by atoms with Gasteiger partial charge in [-0.3, -0.25) is 9.69 Å². The second-order valence-electron chi connectivity index (χ2n) is 5.94. The third-order valence-corrected chi connectivity index (χ3v) is 5.43. The van der Waals surface area contributed by atoms with Gasteiger partial charge in [-0.1, -0.05) is 18.2 Å². The molecule has 1 aromatic heterocycles. The highest BCUT2D eigenvalue weighted by Crippen LogP contribution is 2.34. The maximum atomic E-state index is 12.4. The Morgan fingerprint density at radius 3 is 2.95 bits per heavy atom. The molecule has 2 aromatic rings. The number of benzene rings is 1. The van der Waals surface area contributed by atoms with Crippen molar-refractivity contribution in [2.45, 2.75) is 32.7 Å². The fourth-order valence-corrected chi connectivity index (χ4v) is 3.97. The first-order chi connectivity index (χ1) is 10.6. The number of rotatable bonds is 4. The molecule has 22 heavy (non-hydrogen) atoms. The Labute approximate surface area is 136 Å². The van der Waals surface area contributed by atoms with Crippen LogP contribution in [0.15, 0.2) is 35.7 Å². The van der Waals surface area contributed by atoms with Crippen LogP contribution in [0.1, 0.15) is 34.9 Å². The number of likely N-dealkylation sites (tertiary alicyclic amines) is 1. The van der Waals surface area contributed by atoms with E-state index >= 15 is 0 Å². The van der Waals surface area contributed by atoms with Gasteiger partial charge in [0.05, 0.1) is 6.54 Å². The Hall–Kier alpha value is -1.65. The summed E-state index contributed by atoms with van der Waals surface area (Å²) in [6, 6.07) is 10.7. The maximum absolute atomic E-state index is 12.4. The monoisotopic (exact) mass is 314 g/mol. The minimum absolute atomic E-state index is 0.0807. The van der Waals surface area contributed by atoms with Crippen molar-refractivity contribution in [1.29, 1.82) is 0 Å². The lowest BCUT2D eigenvalue weighted by Gasteiger charge is -2.23. The predicted molar refractivity (Wildman–Crippen MR) is 92.4 cm³/mol. The first-order valence-electron chi connectivity index (χ1n) is 7.78. The van der Waals surface area contributed by atoms with Gasteiger partial charge >= 0.3 is 0 Å². The van der Waals surface area contributed by atoms with Crippen molar-refractivity contribution in [1.82, 2.24) is 4.90 Å². The van der Waals surface area contributed by atoms with E-state index in [9.17, 15) is 4.79 Å². The quantitative estimate of drug-likeness (QED) is 0.920. The van der Waals surface area contributed by atoms with E-state index in [0.29, 0.717) is 12.6 Å². The van der Waals surface area contributed by atoms with Gasteiger partial charge in [0.1, 0.15) is 0 Å². The van der Waals surface area contributed by atoms with Crippen LogP contribution in [-0.2, 0) is 4.79 Å². The van der Waals surface area contributed by atoms with Crippen LogP contribution in [0, 0.1) is 13.8 Å². The van der Waals surface area contributed by atoms with Crippen LogP contribution < -0.4 is 5.32 Å². The van der Waals surface area contributed by atoms with E-state index in [1.54, 1.807) is 11.3 Å². The number of hydrogen-bond acceptors (Lipinski definition) is 3. The number of hydrogen-bond donors (Lipinski definition) is 1. The first kappa shape index (κ1) is 15.3. The smallest absolute Gasteiger partial charge is 0.238 e. The molecule has 0 unspecified atom stereocenters. The number of nitrogens with one attached hydrogen (secondary N) is 1. The molecule has 1 N–H and O–H groups in total. The summed E-state index contributed by atoms with van der Waals surface area (Å²) in [4.78, 5) is 16.1. The molecule has 3 rings (SSSR count). The molecule has 1 aliphatic heterocycles. The SMILES string of the molecule is Cc1cccc(NC(=O)CN2CCC[C@H]2c2cccs2)c1C. The number of carbonyl (C=O) groups is 1. The van der Waals surface area contributed by atoms with Gasteiger partial charge in [-0.2, -0.15) is 0 Å². The van der Waals surface area contributed by atoms with Gasteiger partial charge in [0.2, 0.25) is 5.91 Å². The fraction of sp³-hybridized carbons (Fsp3) is 0.389. The van der Waals surface area contributed by atoms with Crippen LogP contribution in [0.25, 0.3) is 0 Å². The molecule has 2 heterocycles. The summed E-state index contributed by atoms with van der Waals surface area (Å²) in [5, 5.41) is 5.18. The molecule has 3 nitrogen and oxygen atoms in total. The van der Waals surface area contributed by atoms with Crippen LogP contribution in [0.2, 0.25) is 0 Å². The van der Waals surface area contributed by atoms with E-state index < -0.39 is 0 Å². The molecule has 116 valence electrons. The zero-order valence-electron chi connectivity index (χ0n) is 13.1. The molecule has 4 heteroatoms. The highest BCUT2D eigenvalue weighted by molar-refractivity contribution is 7.10. The zero-order chi connectivity index (χ0) is 15.5. The number of thiophene rings is 1. The number of amides is 1. The highest BCUT2D eigenvalue weighted by atomic mass is 32.1. The summed E-state index contributed by atoms with van der Waals surface area (Å²) in [5.41, 5.74) is 3.28. The van der Waals surface area contributed by atoms with Crippen LogP contribution >= 0.6 is 11.3 Å². The van der Waals surface area contributed by atoms with Crippen LogP contribution in [-0.4, -0.2) is 23.9 Å². The fourth-order valence-electron chi connectivity index (χ4n) is 3.08. The largest absolute Gasteiger partial charge is 0.325 e. The molecule has 1 saturated heterocycles. The van der Waals surface area contributed by atoms with Crippen LogP contribution in [0.5, 0.6) is 0 Å². The third kappa shape index (κ3) is 3.23. The van der Waals surface area contributed by atoms with Gasteiger partial charge in [0.15, 0.2) is 0 Å². The lowest BCUT2D eigenvalue weighted by atomic mass is 10.1. The Bertz CT molecular complexity index is 651. The Morgan fingerprint density at radius 1 is 1.32 bits per heavy atom. The second kappa shape index (κ2) is 6.63. The van der Waals surface area contributed by atoms with E-state index in [-0.39, 0.29) is 5.91 Å². The van der Waals surface area contributed by atoms with Gasteiger partial charge in [0, 0.05) is 16.6 Å². The van der Waals surface area contributed by atoms with Gasteiger partial charge < -0.3 is 5.32 Å². The molecular weight excluding hydrogens is 292 g/mol. The van der Waals surface area contributed by atoms with Crippen molar-refractivity contribution in [2.75, 3.05) is 18.4 Å². The molecule has 1 aliphatic rings. The van der Waals surface area contributed by atoms with Crippen molar-refractivity contribution in [3.05, 3.63) is 51.7 Å². The average molecular weight is 314 g/mol. The molecule has 0 radical (unpaired) electrons. The van der Waals surface area contributed by atoms with E-state index in [4.69, 9.17) is 0 Å². The average Bonchev–Trinajstić information content (AvgIpc) is 3.14. The van der Waals surface area contributed by atoms with E-state index in [0.717, 1.165) is 24.2 Å². The second-order valence-corrected chi connectivity index (χ2v) is 6.92. The summed E-state index contributed by atoms with van der Waals surface area (Å²) in [5.74, 6) is 0.0807. The number of aryl methyl sites for hydroxylation is 1. The molecule has 0 spiro atoms. The predicted octanol–water partition coefficient (Wildman–Crippen LogP) is 4.14. The maximum Gasteiger partial charge on any atom is 0.238 e. The topological polar surface area (TPSA) is 32.3 Å². The van der Waals surface area contributed by atoms with Crippen molar-refractivity contribution in [3.63, 3.8) is 0 Å². The summed E-state index contributed by atoms with van der Waals surface area (Å²) < 4.78 is 0. The summed E-state index contributed by atoms with van der Waals surface area (Å²) in [6.45, 7) is 5.59. The van der Waals surface area contributed by atoms with Crippen LogP contribution in [0.3, 0.4) is 0 Å². The number of carbonyl (C=O) groups excluding carboxylic acids is 1. The molecule has 0 bridgehead atoms. The van der Waals surface area contributed by atoms with E-state index in [1.165, 1.54) is 16.9 Å². The molecular formula is C18H22N2OS. The molecule has 0 aliphatic carbocycles. The number of anilines is 1. The van der Waals surface area contributed by atoms with E-state index in [1.807, 2.05) is 12.1 Å². The van der Waals surface area contributed by atoms with Crippen molar-refractivity contribution in [3.8, 4) is 0 Å². The molecule has 1 aromatic carbocycles. The van der Waals surface area contributed by atoms with Crippen molar-refractivity contribution in [2.24, 2.45) is 0 Å². The minimum Gasteiger partial charge on any atom is -0.325 e. The highest BCUT2D eigenvalue weighted by Gasteiger charge is 2.28. The van der Waals surface area contributed by atoms with Crippen LogP contribution in [0.4, 0.5) is 5.69 Å². The number of nitrogens with zero attached hydrogens (tertiary/aromatic N) is 1. The summed E-state index contributed by atoms with van der Waals surface area (Å²) in [7, 11) is 0. The normalized spacial score (nSPS) is 18.5. The zero-order valence-corrected chi connectivity index (χ0v) is 14.0. The first-order valence-corrected chi connectivity index (χ1v) is 8.66. The lowest BCUT2D eigenvalue weighted by Crippen LogP contribution is -2.32. The van der Waals surface area contributed by atoms with Gasteiger partial charge in [-0.15, -0.1) is 11.3 Å². The standard InChI is InChI=1S/C18H22N2OS/c1-13-6-3-7-15(14(13)2)19-18(21)12-20-10-4-8-16(20)17-9-5-11-22-17/h3,5-7,9,11,16H,4,8,10,12H2,1-2H3,(H,19,21)/t16-/m0/s1. The van der Waals surface area contributed by atoms with Gasteiger partial charge in [-0.05, 0) is 61.9 Å². The lowest BCUT2D eigenvalue weighted by molar-refractivity contribution is -0.117. The molecule has 1 amide bonds. The molecule has 1 fully saturated rings. The van der Waals surface area contributed by atoms with Gasteiger partial charge in [0.25, 0.3) is 0 Å². The van der Waals surface area contributed by atoms with Crippen molar-refractivity contribution < 1.29 is 4.79 Å². The Balaban J connectivity index is 1.65. The van der Waals surface area contributed by atoms with Crippen molar-refractivity contribution >= 4 is 22.9 Å². The third-order valence-electron chi connectivity index (χ3n) is 4.46. The Kier molecular flexibility index (Phi) is 4.60. The van der Waals surface area contributed by atoms with E-state index in [2.05, 4.69) is 47.6 Å². The minimum atomic E-state index is 0.0807. The Morgan fingerprint density at radius 2 is 2.18 bits per heavy atom. The summed E-state index contributed by atoms with van der Waals surface area (Å²) >= 11 is 1.79. The summed E-state index contributed by atoms with van der Waals surface area (Å²) in [6.07, 6.45) is 2.32. The van der Waals surface area contributed by atoms with Gasteiger partial charge in [-0.25, -0.2) is 0 Å². The molecule has 0 saturated carbocycles.